The van der Waals surface area contributed by atoms with Crippen LogP contribution in [-0.4, -0.2) is 44.0 Å². The van der Waals surface area contributed by atoms with E-state index in [1.54, 1.807) is 6.08 Å². The van der Waals surface area contributed by atoms with E-state index < -0.39 is 5.97 Å². The normalized spacial score (nSPS) is 13.0. The number of nitrogens with zero attached hydrogens (tertiary/aromatic N) is 1. The Morgan fingerprint density at radius 1 is 1.13 bits per heavy atom. The molecule has 162 valence electrons. The average molecular weight is 420 g/mol. The fourth-order valence-electron chi connectivity index (χ4n) is 3.53. The zero-order valence-electron chi connectivity index (χ0n) is 18.0. The Labute approximate surface area is 184 Å². The fraction of sp³-hybridized carbons (Fsp3) is 0.346. The van der Waals surface area contributed by atoms with Crippen LogP contribution in [0.15, 0.2) is 48.0 Å². The first-order chi connectivity index (χ1) is 15.1. The minimum absolute atomic E-state index is 0.392. The number of anilines is 1. The van der Waals surface area contributed by atoms with Crippen LogP contribution < -0.4 is 9.64 Å². The van der Waals surface area contributed by atoms with Crippen molar-refractivity contribution < 1.29 is 19.4 Å². The number of benzene rings is 2. The minimum Gasteiger partial charge on any atom is -0.491 e. The zero-order chi connectivity index (χ0) is 22.1. The number of fused-ring (bicyclic) bond motifs is 1. The van der Waals surface area contributed by atoms with Crippen LogP contribution in [0.3, 0.4) is 0 Å². The average Bonchev–Trinajstić information content (AvgIpc) is 2.96. The van der Waals surface area contributed by atoms with Gasteiger partial charge in [-0.2, -0.15) is 0 Å². The molecule has 2 aromatic rings. The molecule has 0 amide bonds. The number of hydrogen-bond acceptors (Lipinski definition) is 4. The molecule has 5 heteroatoms. The highest BCUT2D eigenvalue weighted by molar-refractivity contribution is 5.94. The molecule has 1 heterocycles. The highest BCUT2D eigenvalue weighted by Gasteiger charge is 2.19. The van der Waals surface area contributed by atoms with Gasteiger partial charge in [-0.1, -0.05) is 37.5 Å². The predicted molar refractivity (Wildman–Crippen MR) is 124 cm³/mol. The molecule has 0 unspecified atom stereocenters. The van der Waals surface area contributed by atoms with Gasteiger partial charge >= 0.3 is 5.97 Å². The van der Waals surface area contributed by atoms with Gasteiger partial charge in [-0.25, -0.2) is 4.79 Å². The summed E-state index contributed by atoms with van der Waals surface area (Å²) in [5, 5.41) is 9.50. The van der Waals surface area contributed by atoms with Crippen molar-refractivity contribution in [1.82, 2.24) is 0 Å². The number of terminal acetylenes is 1. The molecule has 5 nitrogen and oxygen atoms in total. The van der Waals surface area contributed by atoms with Gasteiger partial charge in [-0.3, -0.25) is 0 Å². The standard InChI is InChI=1S/C26H29NO4/c1-3-5-15-30-16-17-31-24-9-6-20(7-10-24)21-8-11-25-23(18-21)19-22(26(28)29)12-14-27(25)13-4-2/h2,6-11,18-19H,3,5,12-17H2,1H3,(H,28,29). The van der Waals surface area contributed by atoms with Crippen LogP contribution in [0.5, 0.6) is 5.75 Å². The number of unbranched alkanes of at least 4 members (excludes halogenated alkanes) is 1. The molecule has 0 spiro atoms. The molecule has 1 N–H and O–H groups in total. The lowest BCUT2D eigenvalue weighted by atomic mass is 10.00. The molecule has 0 saturated carbocycles. The van der Waals surface area contributed by atoms with E-state index in [2.05, 4.69) is 12.8 Å². The predicted octanol–water partition coefficient (Wildman–Crippen LogP) is 4.86. The molecule has 0 radical (unpaired) electrons. The SMILES string of the molecule is C#CCN1CCC(C(=O)O)=Cc2cc(-c3ccc(OCCOCCCC)cc3)ccc21. The molecule has 0 bridgehead atoms. The van der Waals surface area contributed by atoms with E-state index in [4.69, 9.17) is 15.9 Å². The number of hydrogen-bond donors (Lipinski definition) is 1. The third kappa shape index (κ3) is 6.13. The van der Waals surface area contributed by atoms with Gasteiger partial charge in [0, 0.05) is 24.4 Å². The maximum Gasteiger partial charge on any atom is 0.331 e. The van der Waals surface area contributed by atoms with Crippen LogP contribution in [0.4, 0.5) is 5.69 Å². The number of aliphatic carboxylic acids is 1. The van der Waals surface area contributed by atoms with Gasteiger partial charge in [0.2, 0.25) is 0 Å². The van der Waals surface area contributed by atoms with Gasteiger partial charge in [-0.15, -0.1) is 6.42 Å². The van der Waals surface area contributed by atoms with Crippen molar-refractivity contribution in [2.45, 2.75) is 26.2 Å². The summed E-state index contributed by atoms with van der Waals surface area (Å²) in [4.78, 5) is 13.6. The van der Waals surface area contributed by atoms with Crippen molar-refractivity contribution in [2.24, 2.45) is 0 Å². The smallest absolute Gasteiger partial charge is 0.331 e. The van der Waals surface area contributed by atoms with E-state index in [9.17, 15) is 9.90 Å². The summed E-state index contributed by atoms with van der Waals surface area (Å²) >= 11 is 0. The molecular formula is C26H29NO4. The number of carbonyl (C=O) groups is 1. The molecule has 1 aliphatic heterocycles. The van der Waals surface area contributed by atoms with E-state index in [0.717, 1.165) is 47.6 Å². The van der Waals surface area contributed by atoms with Crippen molar-refractivity contribution in [2.75, 3.05) is 37.8 Å². The Hall–Kier alpha value is -3.23. The molecule has 0 saturated heterocycles. The lowest BCUT2D eigenvalue weighted by Crippen LogP contribution is -2.25. The molecule has 0 aliphatic carbocycles. The van der Waals surface area contributed by atoms with E-state index in [-0.39, 0.29) is 0 Å². The first-order valence-corrected chi connectivity index (χ1v) is 10.7. The first-order valence-electron chi connectivity index (χ1n) is 10.7. The second-order valence-electron chi connectivity index (χ2n) is 7.46. The number of rotatable bonds is 10. The van der Waals surface area contributed by atoms with E-state index in [0.29, 0.717) is 38.3 Å². The van der Waals surface area contributed by atoms with Crippen LogP contribution in [0, 0.1) is 12.3 Å². The van der Waals surface area contributed by atoms with Crippen LogP contribution in [0.1, 0.15) is 31.7 Å². The van der Waals surface area contributed by atoms with E-state index in [1.165, 1.54) is 0 Å². The van der Waals surface area contributed by atoms with Crippen molar-refractivity contribution in [3.05, 3.63) is 53.6 Å². The summed E-state index contributed by atoms with van der Waals surface area (Å²) in [5.74, 6) is 2.57. The molecule has 1 aliphatic rings. The molecule has 31 heavy (non-hydrogen) atoms. The number of ether oxygens (including phenoxy) is 2. The Balaban J connectivity index is 1.74. The molecular weight excluding hydrogens is 390 g/mol. The number of carboxylic acid groups (broad SMARTS) is 1. The van der Waals surface area contributed by atoms with Gasteiger partial charge in [-0.05, 0) is 59.9 Å². The summed E-state index contributed by atoms with van der Waals surface area (Å²) in [6.07, 6.45) is 9.92. The van der Waals surface area contributed by atoms with Crippen molar-refractivity contribution in [1.29, 1.82) is 0 Å². The minimum atomic E-state index is -0.890. The summed E-state index contributed by atoms with van der Waals surface area (Å²) < 4.78 is 11.3. The highest BCUT2D eigenvalue weighted by atomic mass is 16.5. The summed E-state index contributed by atoms with van der Waals surface area (Å²) in [7, 11) is 0. The quantitative estimate of drug-likeness (QED) is 0.440. The molecule has 0 fully saturated rings. The monoisotopic (exact) mass is 419 g/mol. The Bertz CT molecular complexity index is 956. The van der Waals surface area contributed by atoms with Gasteiger partial charge in [0.05, 0.1) is 13.2 Å². The van der Waals surface area contributed by atoms with Gasteiger partial charge in [0.25, 0.3) is 0 Å². The second kappa shape index (κ2) is 11.2. The van der Waals surface area contributed by atoms with Crippen molar-refractivity contribution >= 4 is 17.7 Å². The molecule has 3 rings (SSSR count). The maximum atomic E-state index is 11.6. The van der Waals surface area contributed by atoms with Crippen LogP contribution in [0.2, 0.25) is 0 Å². The van der Waals surface area contributed by atoms with Gasteiger partial charge in [0.15, 0.2) is 0 Å². The van der Waals surface area contributed by atoms with Crippen molar-refractivity contribution in [3.8, 4) is 29.2 Å². The van der Waals surface area contributed by atoms with Gasteiger partial charge < -0.3 is 19.5 Å². The summed E-state index contributed by atoms with van der Waals surface area (Å²) in [5.41, 5.74) is 4.26. The van der Waals surface area contributed by atoms with Crippen molar-refractivity contribution in [3.63, 3.8) is 0 Å². The highest BCUT2D eigenvalue weighted by Crippen LogP contribution is 2.32. The Morgan fingerprint density at radius 3 is 2.61 bits per heavy atom. The molecule has 0 atom stereocenters. The Kier molecular flexibility index (Phi) is 8.14. The van der Waals surface area contributed by atoms with Crippen LogP contribution >= 0.6 is 0 Å². The lowest BCUT2D eigenvalue weighted by Gasteiger charge is -2.23. The largest absolute Gasteiger partial charge is 0.491 e. The fourth-order valence-corrected chi connectivity index (χ4v) is 3.53. The Morgan fingerprint density at radius 2 is 1.90 bits per heavy atom. The second-order valence-corrected chi connectivity index (χ2v) is 7.46. The number of carboxylic acids is 1. The van der Waals surface area contributed by atoms with E-state index >= 15 is 0 Å². The third-order valence-electron chi connectivity index (χ3n) is 5.23. The van der Waals surface area contributed by atoms with E-state index in [1.807, 2.05) is 47.4 Å². The topological polar surface area (TPSA) is 59.0 Å². The van der Waals surface area contributed by atoms with Crippen LogP contribution in [-0.2, 0) is 9.53 Å². The maximum absolute atomic E-state index is 11.6. The summed E-state index contributed by atoms with van der Waals surface area (Å²) in [6.45, 7) is 5.05. The van der Waals surface area contributed by atoms with Gasteiger partial charge in [0.1, 0.15) is 12.4 Å². The molecule has 2 aromatic carbocycles. The lowest BCUT2D eigenvalue weighted by molar-refractivity contribution is -0.132. The molecule has 0 aromatic heterocycles. The zero-order valence-corrected chi connectivity index (χ0v) is 18.0. The first kappa shape index (κ1) is 22.5. The van der Waals surface area contributed by atoms with Crippen LogP contribution in [0.25, 0.3) is 17.2 Å². The third-order valence-corrected chi connectivity index (χ3v) is 5.23. The summed E-state index contributed by atoms with van der Waals surface area (Å²) in [6, 6.07) is 14.0.